The number of rotatable bonds is 10. The van der Waals surface area contributed by atoms with E-state index in [2.05, 4.69) is 15.5 Å². The lowest BCUT2D eigenvalue weighted by Crippen LogP contribution is -2.30. The number of carbonyl (C=O) groups excluding carboxylic acids is 1. The van der Waals surface area contributed by atoms with Crippen LogP contribution in [0.25, 0.3) is 0 Å². The van der Waals surface area contributed by atoms with Crippen LogP contribution in [0.1, 0.15) is 6.92 Å². The summed E-state index contributed by atoms with van der Waals surface area (Å²) in [6, 6.07) is 8.72. The molecule has 2 aromatic rings. The molecule has 0 unspecified atom stereocenters. The van der Waals surface area contributed by atoms with Crippen LogP contribution in [0.4, 0.5) is 28.4 Å². The Morgan fingerprint density at radius 3 is 2.30 bits per heavy atom. The van der Waals surface area contributed by atoms with Crippen molar-refractivity contribution in [3.05, 3.63) is 46.5 Å². The second-order valence-corrected chi connectivity index (χ2v) is 6.13. The van der Waals surface area contributed by atoms with Crippen molar-refractivity contribution in [3.8, 4) is 5.75 Å². The first kappa shape index (κ1) is 22.7. The summed E-state index contributed by atoms with van der Waals surface area (Å²) in [4.78, 5) is 23.6. The van der Waals surface area contributed by atoms with E-state index in [1.165, 1.54) is 38.3 Å². The number of amides is 1. The van der Waals surface area contributed by atoms with Crippen molar-refractivity contribution in [2.75, 3.05) is 43.6 Å². The number of nitro benzene ring substituents is 1. The maximum Gasteiger partial charge on any atom is 0.269 e. The van der Waals surface area contributed by atoms with Gasteiger partial charge in [-0.25, -0.2) is 0 Å². The average molecular weight is 417 g/mol. The van der Waals surface area contributed by atoms with Crippen molar-refractivity contribution < 1.29 is 24.7 Å². The summed E-state index contributed by atoms with van der Waals surface area (Å²) in [6.07, 6.45) is 0. The summed E-state index contributed by atoms with van der Waals surface area (Å²) in [7, 11) is 1.46. The first-order chi connectivity index (χ1) is 14.4. The number of hydrogen-bond donors (Lipinski definition) is 3. The van der Waals surface area contributed by atoms with Gasteiger partial charge in [0.2, 0.25) is 5.91 Å². The Bertz CT molecular complexity index is 910. The molecule has 1 amide bonds. The van der Waals surface area contributed by atoms with E-state index in [0.717, 1.165) is 0 Å². The lowest BCUT2D eigenvalue weighted by molar-refractivity contribution is -0.384. The fraction of sp³-hybridized carbons (Fsp3) is 0.316. The zero-order chi connectivity index (χ0) is 22.1. The number of nitrogens with zero attached hydrogens (tertiary/aromatic N) is 4. The van der Waals surface area contributed by atoms with Gasteiger partial charge >= 0.3 is 0 Å². The van der Waals surface area contributed by atoms with Crippen LogP contribution < -0.4 is 15.0 Å². The predicted octanol–water partition coefficient (Wildman–Crippen LogP) is 2.77. The van der Waals surface area contributed by atoms with Crippen molar-refractivity contribution in [3.63, 3.8) is 0 Å². The lowest BCUT2D eigenvalue weighted by Gasteiger charge is -2.26. The molecule has 0 bridgehead atoms. The molecule has 0 atom stereocenters. The van der Waals surface area contributed by atoms with Gasteiger partial charge in [-0.1, -0.05) is 0 Å². The zero-order valence-corrected chi connectivity index (χ0v) is 16.6. The van der Waals surface area contributed by atoms with Crippen molar-refractivity contribution in [2.45, 2.75) is 6.92 Å². The van der Waals surface area contributed by atoms with Crippen LogP contribution in [0, 0.1) is 10.1 Å². The molecule has 30 heavy (non-hydrogen) atoms. The number of azo groups is 1. The smallest absolute Gasteiger partial charge is 0.269 e. The van der Waals surface area contributed by atoms with Gasteiger partial charge in [0.15, 0.2) is 0 Å². The Hall–Kier alpha value is -3.57. The van der Waals surface area contributed by atoms with E-state index in [1.54, 1.807) is 17.0 Å². The first-order valence-electron chi connectivity index (χ1n) is 9.02. The van der Waals surface area contributed by atoms with E-state index in [-0.39, 0.29) is 37.9 Å². The fourth-order valence-corrected chi connectivity index (χ4v) is 2.69. The number of methoxy groups -OCH3 is 1. The van der Waals surface area contributed by atoms with Crippen molar-refractivity contribution >= 4 is 34.3 Å². The minimum absolute atomic E-state index is 0.0632. The molecule has 0 radical (unpaired) electrons. The van der Waals surface area contributed by atoms with Gasteiger partial charge in [0.05, 0.1) is 42.3 Å². The fourth-order valence-electron chi connectivity index (χ4n) is 2.69. The average Bonchev–Trinajstić information content (AvgIpc) is 2.72. The second kappa shape index (κ2) is 10.8. The molecule has 0 saturated heterocycles. The van der Waals surface area contributed by atoms with E-state index in [0.29, 0.717) is 28.5 Å². The van der Waals surface area contributed by atoms with Crippen LogP contribution >= 0.6 is 0 Å². The highest BCUT2D eigenvalue weighted by Gasteiger charge is 2.17. The van der Waals surface area contributed by atoms with E-state index in [4.69, 9.17) is 4.74 Å². The molecule has 3 N–H and O–H groups in total. The number of benzene rings is 2. The number of nitrogens with one attached hydrogen (secondary N) is 1. The van der Waals surface area contributed by atoms with Crippen molar-refractivity contribution in [1.82, 2.24) is 0 Å². The second-order valence-electron chi connectivity index (χ2n) is 6.13. The van der Waals surface area contributed by atoms with Crippen LogP contribution in [0.5, 0.6) is 5.75 Å². The van der Waals surface area contributed by atoms with Gasteiger partial charge in [0.25, 0.3) is 5.69 Å². The molecule has 0 aromatic heterocycles. The summed E-state index contributed by atoms with van der Waals surface area (Å²) in [5.41, 5.74) is 1.53. The molecule has 0 aliphatic heterocycles. The van der Waals surface area contributed by atoms with Crippen LogP contribution in [0.15, 0.2) is 46.6 Å². The maximum absolute atomic E-state index is 11.7. The molecule has 2 rings (SSSR count). The molecule has 0 spiro atoms. The Labute approximate surface area is 172 Å². The SMILES string of the molecule is COc1cc(N=Nc2ccc([N+](=O)[O-])cc2)c(NC(C)=O)cc1N(CCO)CCO. The summed E-state index contributed by atoms with van der Waals surface area (Å²) < 4.78 is 5.42. The number of carbonyl (C=O) groups is 1. The molecule has 0 heterocycles. The summed E-state index contributed by atoms with van der Waals surface area (Å²) in [5, 5.41) is 40.3. The highest BCUT2D eigenvalue weighted by Crippen LogP contribution is 2.39. The minimum atomic E-state index is -0.510. The quantitative estimate of drug-likeness (QED) is 0.305. The summed E-state index contributed by atoms with van der Waals surface area (Å²) in [5.74, 6) is 0.0809. The van der Waals surface area contributed by atoms with Gasteiger partial charge in [-0.2, -0.15) is 5.11 Å². The third-order valence-corrected chi connectivity index (χ3v) is 4.02. The zero-order valence-electron chi connectivity index (χ0n) is 16.6. The minimum Gasteiger partial charge on any atom is -0.494 e. The number of aliphatic hydroxyl groups is 2. The number of nitro groups is 1. The number of anilines is 2. The molecule has 0 saturated carbocycles. The van der Waals surface area contributed by atoms with Crippen LogP contribution in [0.2, 0.25) is 0 Å². The van der Waals surface area contributed by atoms with Crippen LogP contribution in [-0.2, 0) is 4.79 Å². The third-order valence-electron chi connectivity index (χ3n) is 4.02. The summed E-state index contributed by atoms with van der Waals surface area (Å²) in [6.45, 7) is 1.57. The first-order valence-corrected chi connectivity index (χ1v) is 9.02. The van der Waals surface area contributed by atoms with Crippen molar-refractivity contribution in [1.29, 1.82) is 0 Å². The summed E-state index contributed by atoms with van der Waals surface area (Å²) >= 11 is 0. The van der Waals surface area contributed by atoms with Gasteiger partial charge in [-0.15, -0.1) is 5.11 Å². The van der Waals surface area contributed by atoms with Gasteiger partial charge in [-0.05, 0) is 18.2 Å². The molecule has 11 heteroatoms. The Morgan fingerprint density at radius 2 is 1.80 bits per heavy atom. The standard InChI is InChI=1S/C19H23N5O6/c1-13(27)20-16-11-18(23(7-9-25)8-10-26)19(30-2)12-17(16)22-21-14-3-5-15(6-4-14)24(28)29/h3-6,11-12,25-26H,7-10H2,1-2H3,(H,20,27). The lowest BCUT2D eigenvalue weighted by atomic mass is 10.2. The number of hydrogen-bond acceptors (Lipinski definition) is 9. The van der Waals surface area contributed by atoms with E-state index >= 15 is 0 Å². The van der Waals surface area contributed by atoms with E-state index in [9.17, 15) is 25.1 Å². The largest absolute Gasteiger partial charge is 0.494 e. The Kier molecular flexibility index (Phi) is 8.20. The van der Waals surface area contributed by atoms with Crippen molar-refractivity contribution in [2.24, 2.45) is 10.2 Å². The highest BCUT2D eigenvalue weighted by atomic mass is 16.6. The number of non-ortho nitro benzene ring substituents is 1. The molecule has 0 fully saturated rings. The molecule has 0 aliphatic carbocycles. The van der Waals surface area contributed by atoms with Gasteiger partial charge in [0, 0.05) is 38.2 Å². The predicted molar refractivity (Wildman–Crippen MR) is 111 cm³/mol. The molecule has 11 nitrogen and oxygen atoms in total. The molecule has 0 aliphatic rings. The monoisotopic (exact) mass is 417 g/mol. The van der Waals surface area contributed by atoms with Crippen LogP contribution in [0.3, 0.4) is 0 Å². The van der Waals surface area contributed by atoms with Crippen LogP contribution in [-0.4, -0.2) is 54.5 Å². The molecular weight excluding hydrogens is 394 g/mol. The number of ether oxygens (including phenoxy) is 1. The van der Waals surface area contributed by atoms with Gasteiger partial charge in [0.1, 0.15) is 11.4 Å². The molecular formula is C19H23N5O6. The Balaban J connectivity index is 2.46. The van der Waals surface area contributed by atoms with Gasteiger partial charge < -0.3 is 25.2 Å². The van der Waals surface area contributed by atoms with E-state index < -0.39 is 4.92 Å². The normalized spacial score (nSPS) is 10.8. The van der Waals surface area contributed by atoms with Gasteiger partial charge in [-0.3, -0.25) is 14.9 Å². The molecule has 160 valence electrons. The third kappa shape index (κ3) is 5.96. The van der Waals surface area contributed by atoms with E-state index in [1.807, 2.05) is 0 Å². The molecule has 2 aromatic carbocycles. The topological polar surface area (TPSA) is 150 Å². The Morgan fingerprint density at radius 1 is 1.17 bits per heavy atom. The highest BCUT2D eigenvalue weighted by molar-refractivity contribution is 5.93. The number of aliphatic hydroxyl groups excluding tert-OH is 2. The maximum atomic E-state index is 11.7.